The van der Waals surface area contributed by atoms with Gasteiger partial charge in [-0.3, -0.25) is 9.89 Å². The van der Waals surface area contributed by atoms with E-state index in [1.807, 2.05) is 19.1 Å². The van der Waals surface area contributed by atoms with Gasteiger partial charge in [-0.25, -0.2) is 0 Å². The summed E-state index contributed by atoms with van der Waals surface area (Å²) >= 11 is 0. The van der Waals surface area contributed by atoms with Gasteiger partial charge in [-0.1, -0.05) is 12.1 Å². The normalized spacial score (nSPS) is 18.1. The van der Waals surface area contributed by atoms with Crippen LogP contribution in [0.15, 0.2) is 29.3 Å². The molecule has 1 unspecified atom stereocenters. The molecule has 2 rings (SSSR count). The third-order valence-corrected chi connectivity index (χ3v) is 4.60. The summed E-state index contributed by atoms with van der Waals surface area (Å²) in [5.41, 5.74) is 7.27. The quantitative estimate of drug-likeness (QED) is 0.554. The lowest BCUT2D eigenvalue weighted by molar-refractivity contribution is 0.178. The lowest BCUT2D eigenvalue weighted by Gasteiger charge is -2.31. The number of benzene rings is 1. The fourth-order valence-corrected chi connectivity index (χ4v) is 3.13. The van der Waals surface area contributed by atoms with Crippen LogP contribution in [0.2, 0.25) is 0 Å². The molecule has 1 fully saturated rings. The smallest absolute Gasteiger partial charge is 0.188 e. The fraction of sp³-hybridized carbons (Fsp3) is 0.632. The van der Waals surface area contributed by atoms with Crippen molar-refractivity contribution in [2.75, 3.05) is 40.5 Å². The first-order chi connectivity index (χ1) is 12.1. The highest BCUT2D eigenvalue weighted by atomic mass is 16.5. The van der Waals surface area contributed by atoms with Crippen molar-refractivity contribution in [3.8, 4) is 5.75 Å². The largest absolute Gasteiger partial charge is 0.497 e. The number of piperidine rings is 1. The highest BCUT2D eigenvalue weighted by Crippen LogP contribution is 2.20. The summed E-state index contributed by atoms with van der Waals surface area (Å²) in [6, 6.07) is 8.51. The molecule has 0 aromatic heterocycles. The third kappa shape index (κ3) is 6.92. The summed E-state index contributed by atoms with van der Waals surface area (Å²) in [6.45, 7) is 6.68. The summed E-state index contributed by atoms with van der Waals surface area (Å²) in [5.74, 6) is 2.04. The number of nitrogens with two attached hydrogens (primary N) is 1. The number of hydrogen-bond donors (Lipinski definition) is 2. The van der Waals surface area contributed by atoms with E-state index in [1.54, 1.807) is 14.2 Å². The molecule has 3 N–H and O–H groups in total. The van der Waals surface area contributed by atoms with E-state index in [0.717, 1.165) is 31.9 Å². The van der Waals surface area contributed by atoms with E-state index in [2.05, 4.69) is 27.3 Å². The molecule has 1 aliphatic heterocycles. The van der Waals surface area contributed by atoms with Crippen LogP contribution in [0.3, 0.4) is 0 Å². The molecule has 0 saturated carbocycles. The molecule has 6 nitrogen and oxygen atoms in total. The molecule has 25 heavy (non-hydrogen) atoms. The second-order valence-corrected chi connectivity index (χ2v) is 6.79. The second-order valence-electron chi connectivity index (χ2n) is 6.79. The van der Waals surface area contributed by atoms with Crippen LogP contribution in [0.5, 0.6) is 5.75 Å². The Morgan fingerprint density at radius 1 is 1.28 bits per heavy atom. The molecule has 1 aromatic rings. The van der Waals surface area contributed by atoms with Gasteiger partial charge in [-0.15, -0.1) is 0 Å². The van der Waals surface area contributed by atoms with Crippen molar-refractivity contribution >= 4 is 5.96 Å². The topological polar surface area (TPSA) is 72.1 Å². The Morgan fingerprint density at radius 2 is 1.96 bits per heavy atom. The molecule has 1 heterocycles. The maximum absolute atomic E-state index is 5.94. The summed E-state index contributed by atoms with van der Waals surface area (Å²) in [6.07, 6.45) is 2.33. The molecule has 0 bridgehead atoms. The highest BCUT2D eigenvalue weighted by molar-refractivity contribution is 5.78. The minimum atomic E-state index is 0.181. The molecule has 0 aliphatic carbocycles. The number of nitrogens with one attached hydrogen (secondary N) is 1. The molecular weight excluding hydrogens is 316 g/mol. The van der Waals surface area contributed by atoms with Gasteiger partial charge in [0.15, 0.2) is 5.96 Å². The van der Waals surface area contributed by atoms with Crippen LogP contribution in [0.4, 0.5) is 0 Å². The summed E-state index contributed by atoms with van der Waals surface area (Å²) in [7, 11) is 3.38. The fourth-order valence-electron chi connectivity index (χ4n) is 3.13. The number of hydrogen-bond acceptors (Lipinski definition) is 4. The summed E-state index contributed by atoms with van der Waals surface area (Å²) in [4.78, 5) is 7.00. The maximum Gasteiger partial charge on any atom is 0.188 e. The van der Waals surface area contributed by atoms with E-state index >= 15 is 0 Å². The van der Waals surface area contributed by atoms with Crippen LogP contribution >= 0.6 is 0 Å². The van der Waals surface area contributed by atoms with Crippen LogP contribution in [0, 0.1) is 5.92 Å². The van der Waals surface area contributed by atoms with Gasteiger partial charge in [0.2, 0.25) is 0 Å². The van der Waals surface area contributed by atoms with Crippen LogP contribution in [0.25, 0.3) is 0 Å². The van der Waals surface area contributed by atoms with Crippen molar-refractivity contribution in [3.63, 3.8) is 0 Å². The van der Waals surface area contributed by atoms with E-state index < -0.39 is 0 Å². The number of aliphatic imine (C=N–C) groups is 1. The molecule has 1 aromatic carbocycles. The zero-order valence-corrected chi connectivity index (χ0v) is 15.7. The van der Waals surface area contributed by atoms with Gasteiger partial charge < -0.3 is 20.5 Å². The Labute approximate surface area is 151 Å². The lowest BCUT2D eigenvalue weighted by atomic mass is 9.96. The van der Waals surface area contributed by atoms with Gasteiger partial charge >= 0.3 is 0 Å². The predicted molar refractivity (Wildman–Crippen MR) is 102 cm³/mol. The van der Waals surface area contributed by atoms with E-state index in [-0.39, 0.29) is 6.04 Å². The number of nitrogens with zero attached hydrogens (tertiary/aromatic N) is 2. The first-order valence-corrected chi connectivity index (χ1v) is 9.01. The first-order valence-electron chi connectivity index (χ1n) is 9.01. The van der Waals surface area contributed by atoms with Gasteiger partial charge in [0.25, 0.3) is 0 Å². The van der Waals surface area contributed by atoms with E-state index in [9.17, 15) is 0 Å². The zero-order chi connectivity index (χ0) is 18.1. The Hall–Kier alpha value is -1.79. The third-order valence-electron chi connectivity index (χ3n) is 4.60. The predicted octanol–water partition coefficient (Wildman–Crippen LogP) is 1.85. The molecule has 6 heteroatoms. The average Bonchev–Trinajstić information content (AvgIpc) is 2.62. The van der Waals surface area contributed by atoms with E-state index in [0.29, 0.717) is 18.5 Å². The van der Waals surface area contributed by atoms with Crippen molar-refractivity contribution < 1.29 is 9.47 Å². The average molecular weight is 348 g/mol. The molecule has 1 aliphatic rings. The van der Waals surface area contributed by atoms with Crippen LogP contribution < -0.4 is 15.8 Å². The molecule has 1 atom stereocenters. The Morgan fingerprint density at radius 3 is 2.56 bits per heavy atom. The molecule has 1 saturated heterocycles. The number of rotatable bonds is 8. The Kier molecular flexibility index (Phi) is 8.01. The monoisotopic (exact) mass is 348 g/mol. The number of ether oxygens (including phenoxy) is 2. The van der Waals surface area contributed by atoms with E-state index in [4.69, 9.17) is 15.2 Å². The van der Waals surface area contributed by atoms with Gasteiger partial charge in [-0.05, 0) is 56.5 Å². The van der Waals surface area contributed by atoms with Crippen molar-refractivity contribution in [3.05, 3.63) is 29.8 Å². The SMILES string of the molecule is COCC(C)NC(N)=NCC1CCN(Cc2ccc(OC)cc2)CC1. The minimum Gasteiger partial charge on any atom is -0.497 e. The maximum atomic E-state index is 5.94. The molecule has 0 radical (unpaired) electrons. The van der Waals surface area contributed by atoms with Crippen molar-refractivity contribution in [1.29, 1.82) is 0 Å². The standard InChI is InChI=1S/C19H32N4O2/c1-15(14-24-2)22-19(20)21-12-16-8-10-23(11-9-16)13-17-4-6-18(25-3)7-5-17/h4-7,15-16H,8-14H2,1-3H3,(H3,20,21,22). The zero-order valence-electron chi connectivity index (χ0n) is 15.7. The van der Waals surface area contributed by atoms with Gasteiger partial charge in [-0.2, -0.15) is 0 Å². The number of likely N-dealkylation sites (tertiary alicyclic amines) is 1. The van der Waals surface area contributed by atoms with Gasteiger partial charge in [0.1, 0.15) is 5.75 Å². The van der Waals surface area contributed by atoms with Crippen molar-refractivity contribution in [1.82, 2.24) is 10.2 Å². The van der Waals surface area contributed by atoms with Crippen molar-refractivity contribution in [2.45, 2.75) is 32.4 Å². The number of methoxy groups -OCH3 is 2. The van der Waals surface area contributed by atoms with Crippen LogP contribution in [-0.4, -0.2) is 57.4 Å². The van der Waals surface area contributed by atoms with Crippen LogP contribution in [0.1, 0.15) is 25.3 Å². The van der Waals surface area contributed by atoms with Crippen LogP contribution in [-0.2, 0) is 11.3 Å². The lowest BCUT2D eigenvalue weighted by Crippen LogP contribution is -2.41. The highest BCUT2D eigenvalue weighted by Gasteiger charge is 2.19. The first kappa shape index (κ1) is 19.5. The van der Waals surface area contributed by atoms with Gasteiger partial charge in [0.05, 0.1) is 13.7 Å². The summed E-state index contributed by atoms with van der Waals surface area (Å²) < 4.78 is 10.3. The molecule has 0 spiro atoms. The minimum absolute atomic E-state index is 0.181. The second kappa shape index (κ2) is 10.3. The number of guanidine groups is 1. The summed E-state index contributed by atoms with van der Waals surface area (Å²) in [5, 5.41) is 3.15. The van der Waals surface area contributed by atoms with Crippen molar-refractivity contribution in [2.24, 2.45) is 16.6 Å². The molecule has 140 valence electrons. The van der Waals surface area contributed by atoms with E-state index in [1.165, 1.54) is 18.4 Å². The molecule has 0 amide bonds. The van der Waals surface area contributed by atoms with Gasteiger partial charge in [0, 0.05) is 26.2 Å². The molecular formula is C19H32N4O2. The Bertz CT molecular complexity index is 525. The Balaban J connectivity index is 1.70.